The Morgan fingerprint density at radius 2 is 1.68 bits per heavy atom. The molecule has 2 fully saturated rings. The molecule has 182 valence electrons. The molecule has 2 saturated heterocycles. The number of halogens is 2. The zero-order chi connectivity index (χ0) is 24.1. The fourth-order valence-electron chi connectivity index (χ4n) is 4.93. The Bertz CT molecular complexity index is 1000. The lowest BCUT2D eigenvalue weighted by atomic mass is 9.96. The van der Waals surface area contributed by atoms with Gasteiger partial charge in [-0.25, -0.2) is 0 Å². The number of carbonyl (C=O) groups is 2. The fourth-order valence-corrected chi connectivity index (χ4v) is 5.23. The third-order valence-electron chi connectivity index (χ3n) is 6.47. The molecule has 4 N–H and O–H groups in total. The summed E-state index contributed by atoms with van der Waals surface area (Å²) in [6.07, 6.45) is 4.34. The van der Waals surface area contributed by atoms with Crippen molar-refractivity contribution < 1.29 is 14.3 Å². The maximum Gasteiger partial charge on any atom is 0.258 e. The number of fused-ring (bicyclic) bond motifs is 2. The van der Waals surface area contributed by atoms with E-state index in [-0.39, 0.29) is 37.4 Å². The number of carbonyl (C=O) groups excluding carboxylic acids is 2. The Hall–Kier alpha value is -2.32. The first-order valence-electron chi connectivity index (χ1n) is 11.6. The normalized spacial score (nSPS) is 21.8. The lowest BCUT2D eigenvalue weighted by molar-refractivity contribution is -0.124. The molecule has 4 rings (SSSR count). The minimum Gasteiger partial charge on any atom is -0.482 e. The van der Waals surface area contributed by atoms with E-state index in [1.54, 1.807) is 18.2 Å². The number of hydrogen-bond donors (Lipinski definition) is 3. The van der Waals surface area contributed by atoms with Crippen molar-refractivity contribution in [3.05, 3.63) is 58.1 Å². The first-order valence-corrected chi connectivity index (χ1v) is 12.4. The Morgan fingerprint density at radius 3 is 2.35 bits per heavy atom. The number of anilines is 1. The van der Waals surface area contributed by atoms with E-state index in [0.717, 1.165) is 37.3 Å². The van der Waals surface area contributed by atoms with Gasteiger partial charge >= 0.3 is 0 Å². The van der Waals surface area contributed by atoms with Gasteiger partial charge in [-0.05, 0) is 61.6 Å². The minimum atomic E-state index is -0.236. The second-order valence-corrected chi connectivity index (χ2v) is 9.81. The fraction of sp³-hybridized carbons (Fsp3) is 0.440. The third-order valence-corrected chi connectivity index (χ3v) is 6.96. The van der Waals surface area contributed by atoms with Gasteiger partial charge in [0.2, 0.25) is 5.91 Å². The van der Waals surface area contributed by atoms with Gasteiger partial charge < -0.3 is 21.1 Å². The van der Waals surface area contributed by atoms with Crippen LogP contribution in [0.2, 0.25) is 10.0 Å². The van der Waals surface area contributed by atoms with Crippen molar-refractivity contribution in [2.75, 3.05) is 18.5 Å². The van der Waals surface area contributed by atoms with E-state index >= 15 is 0 Å². The number of benzene rings is 2. The molecule has 9 heteroatoms. The van der Waals surface area contributed by atoms with Gasteiger partial charge in [-0.15, -0.1) is 0 Å². The predicted octanol–water partition coefficient (Wildman–Crippen LogP) is 3.97. The quantitative estimate of drug-likeness (QED) is 0.479. The van der Waals surface area contributed by atoms with Gasteiger partial charge in [-0.2, -0.15) is 0 Å². The SMILES string of the molecule is NCCC(=O)Nc1cc(Cl)ccc1OCC(=O)N[C@H]1C[C@H]2CC[C@@H](C1)N2Cc1ccc(Cl)cc1. The van der Waals surface area contributed by atoms with Gasteiger partial charge in [-0.1, -0.05) is 35.3 Å². The minimum absolute atomic E-state index is 0.129. The smallest absolute Gasteiger partial charge is 0.258 e. The van der Waals surface area contributed by atoms with Crippen LogP contribution in [0, 0.1) is 0 Å². The van der Waals surface area contributed by atoms with Gasteiger partial charge in [0.1, 0.15) is 5.75 Å². The lowest BCUT2D eigenvalue weighted by Gasteiger charge is -2.39. The van der Waals surface area contributed by atoms with Gasteiger partial charge in [0.15, 0.2) is 6.61 Å². The number of rotatable bonds is 9. The summed E-state index contributed by atoms with van der Waals surface area (Å²) >= 11 is 12.1. The summed E-state index contributed by atoms with van der Waals surface area (Å²) in [5, 5.41) is 7.08. The van der Waals surface area contributed by atoms with Crippen molar-refractivity contribution in [3.8, 4) is 5.75 Å². The van der Waals surface area contributed by atoms with E-state index in [1.807, 2.05) is 12.1 Å². The Balaban J connectivity index is 1.29. The summed E-state index contributed by atoms with van der Waals surface area (Å²) in [6.45, 7) is 1.01. The van der Waals surface area contributed by atoms with Crippen LogP contribution in [0.4, 0.5) is 5.69 Å². The first-order chi connectivity index (χ1) is 16.4. The summed E-state index contributed by atoms with van der Waals surface area (Å²) in [6, 6.07) is 14.0. The molecule has 2 aliphatic rings. The van der Waals surface area contributed by atoms with Crippen molar-refractivity contribution in [3.63, 3.8) is 0 Å². The largest absolute Gasteiger partial charge is 0.482 e. The highest BCUT2D eigenvalue weighted by Crippen LogP contribution is 2.37. The zero-order valence-electron chi connectivity index (χ0n) is 18.9. The molecule has 34 heavy (non-hydrogen) atoms. The number of amides is 2. The van der Waals surface area contributed by atoms with Gasteiger partial charge in [0.25, 0.3) is 5.91 Å². The highest BCUT2D eigenvalue weighted by Gasteiger charge is 2.40. The molecule has 2 bridgehead atoms. The lowest BCUT2D eigenvalue weighted by Crippen LogP contribution is -2.50. The van der Waals surface area contributed by atoms with Gasteiger partial charge in [0.05, 0.1) is 5.69 Å². The number of nitrogens with zero attached hydrogens (tertiary/aromatic N) is 1. The molecule has 0 saturated carbocycles. The van der Waals surface area contributed by atoms with Crippen molar-refractivity contribution in [2.24, 2.45) is 5.73 Å². The molecule has 0 aromatic heterocycles. The number of ether oxygens (including phenoxy) is 1. The van der Waals surface area contributed by atoms with Crippen LogP contribution in [-0.2, 0) is 16.1 Å². The number of hydrogen-bond acceptors (Lipinski definition) is 5. The molecule has 0 aliphatic carbocycles. The van der Waals surface area contributed by atoms with E-state index in [9.17, 15) is 9.59 Å². The van der Waals surface area contributed by atoms with Crippen LogP contribution in [0.15, 0.2) is 42.5 Å². The van der Waals surface area contributed by atoms with Crippen LogP contribution >= 0.6 is 23.2 Å². The molecule has 3 atom stereocenters. The molecule has 2 amide bonds. The molecule has 2 aromatic carbocycles. The molecule has 2 aliphatic heterocycles. The topological polar surface area (TPSA) is 96.7 Å². The van der Waals surface area contributed by atoms with Crippen LogP contribution in [0.1, 0.15) is 37.7 Å². The number of nitrogens with one attached hydrogen (secondary N) is 2. The monoisotopic (exact) mass is 504 g/mol. The molecular formula is C25H30Cl2N4O3. The Kier molecular flexibility index (Phi) is 8.32. The maximum absolute atomic E-state index is 12.6. The summed E-state index contributed by atoms with van der Waals surface area (Å²) < 4.78 is 5.72. The molecule has 0 spiro atoms. The van der Waals surface area contributed by atoms with Crippen molar-refractivity contribution in [1.82, 2.24) is 10.2 Å². The van der Waals surface area contributed by atoms with E-state index in [0.29, 0.717) is 28.5 Å². The maximum atomic E-state index is 12.6. The second-order valence-electron chi connectivity index (χ2n) is 8.94. The van der Waals surface area contributed by atoms with Crippen LogP contribution in [-0.4, -0.2) is 48.0 Å². The average molecular weight is 505 g/mol. The van der Waals surface area contributed by atoms with Crippen LogP contribution in [0.5, 0.6) is 5.75 Å². The molecule has 0 unspecified atom stereocenters. The summed E-state index contributed by atoms with van der Waals surface area (Å²) in [5.74, 6) is -0.0209. The molecular weight excluding hydrogens is 475 g/mol. The van der Waals surface area contributed by atoms with E-state index in [4.69, 9.17) is 33.7 Å². The highest BCUT2D eigenvalue weighted by molar-refractivity contribution is 6.31. The van der Waals surface area contributed by atoms with E-state index < -0.39 is 0 Å². The van der Waals surface area contributed by atoms with Crippen LogP contribution < -0.4 is 21.1 Å². The predicted molar refractivity (Wildman–Crippen MR) is 134 cm³/mol. The summed E-state index contributed by atoms with van der Waals surface area (Å²) in [7, 11) is 0. The van der Waals surface area contributed by atoms with Gasteiger partial charge in [0, 0.05) is 47.7 Å². The van der Waals surface area contributed by atoms with Crippen molar-refractivity contribution >= 4 is 40.7 Å². The first kappa shape index (κ1) is 24.8. The standard InChI is InChI=1S/C25H30Cl2N4O3/c26-17-3-1-16(2-4-17)14-31-20-6-7-21(31)13-19(12-20)29-25(33)15-34-23-8-5-18(27)11-22(23)30-24(32)9-10-28/h1-5,8,11,19-21H,6-7,9-10,12-15,28H2,(H,29,33)(H,30,32)/t19-,20+,21-. The molecule has 2 heterocycles. The van der Waals surface area contributed by atoms with Crippen molar-refractivity contribution in [2.45, 2.75) is 56.8 Å². The van der Waals surface area contributed by atoms with Crippen LogP contribution in [0.25, 0.3) is 0 Å². The highest BCUT2D eigenvalue weighted by atomic mass is 35.5. The molecule has 7 nitrogen and oxygen atoms in total. The summed E-state index contributed by atoms with van der Waals surface area (Å²) in [4.78, 5) is 27.1. The van der Waals surface area contributed by atoms with Crippen molar-refractivity contribution in [1.29, 1.82) is 0 Å². The second kappa shape index (κ2) is 11.4. The van der Waals surface area contributed by atoms with E-state index in [1.165, 1.54) is 5.56 Å². The zero-order valence-corrected chi connectivity index (χ0v) is 20.4. The Labute approximate surface area is 209 Å². The summed E-state index contributed by atoms with van der Waals surface area (Å²) in [5.41, 5.74) is 7.12. The molecule has 0 radical (unpaired) electrons. The van der Waals surface area contributed by atoms with Crippen LogP contribution in [0.3, 0.4) is 0 Å². The third kappa shape index (κ3) is 6.42. The number of nitrogens with two attached hydrogens (primary N) is 1. The van der Waals surface area contributed by atoms with E-state index in [2.05, 4.69) is 27.7 Å². The molecule has 2 aromatic rings. The number of piperidine rings is 1. The average Bonchev–Trinajstić information content (AvgIpc) is 3.02. The van der Waals surface area contributed by atoms with Gasteiger partial charge in [-0.3, -0.25) is 14.5 Å². The Morgan fingerprint density at radius 1 is 1.00 bits per heavy atom.